The first-order chi connectivity index (χ1) is 13.8. The van der Waals surface area contributed by atoms with Gasteiger partial charge in [0.25, 0.3) is 0 Å². The smallest absolute Gasteiger partial charge is 0.238 e. The lowest BCUT2D eigenvalue weighted by Gasteiger charge is -2.17. The third-order valence-corrected chi connectivity index (χ3v) is 5.65. The number of hydrogen-bond acceptors (Lipinski definition) is 3. The fraction of sp³-hybridized carbons (Fsp3) is 0.0833. The van der Waals surface area contributed by atoms with E-state index in [4.69, 9.17) is 4.98 Å². The SMILES string of the molecule is O=C(NCc1ccccc1)[C@H](Sc1ccc2ccccc2n1)c1ccccc1. The van der Waals surface area contributed by atoms with Crippen molar-refractivity contribution in [1.29, 1.82) is 0 Å². The monoisotopic (exact) mass is 384 g/mol. The number of thioether (sulfide) groups is 1. The topological polar surface area (TPSA) is 42.0 Å². The number of benzene rings is 3. The molecule has 28 heavy (non-hydrogen) atoms. The van der Waals surface area contributed by atoms with Gasteiger partial charge in [-0.25, -0.2) is 4.98 Å². The molecular formula is C24H20N2OS. The number of hydrogen-bond donors (Lipinski definition) is 1. The Morgan fingerprint density at radius 3 is 2.29 bits per heavy atom. The molecule has 0 aliphatic rings. The first kappa shape index (κ1) is 18.3. The number of nitrogens with one attached hydrogen (secondary N) is 1. The van der Waals surface area contributed by atoms with E-state index in [2.05, 4.69) is 11.4 Å². The molecule has 1 atom stereocenters. The minimum absolute atomic E-state index is 0.0185. The van der Waals surface area contributed by atoms with Crippen LogP contribution in [-0.2, 0) is 11.3 Å². The van der Waals surface area contributed by atoms with Crippen LogP contribution in [-0.4, -0.2) is 10.9 Å². The molecule has 1 heterocycles. The summed E-state index contributed by atoms with van der Waals surface area (Å²) in [4.78, 5) is 17.7. The summed E-state index contributed by atoms with van der Waals surface area (Å²) in [6.45, 7) is 0.509. The largest absolute Gasteiger partial charge is 0.351 e. The lowest BCUT2D eigenvalue weighted by atomic mass is 10.1. The molecule has 0 unspecified atom stereocenters. The standard InChI is InChI=1S/C24H20N2OS/c27-24(25-17-18-9-3-1-4-10-18)23(20-12-5-2-6-13-20)28-22-16-15-19-11-7-8-14-21(19)26-22/h1-16,23H,17H2,(H,25,27)/t23-/m1/s1. The van der Waals surface area contributed by atoms with Crippen molar-refractivity contribution >= 4 is 28.6 Å². The van der Waals surface area contributed by atoms with Crippen LogP contribution in [0.25, 0.3) is 10.9 Å². The molecule has 0 bridgehead atoms. The fourth-order valence-corrected chi connectivity index (χ4v) is 4.03. The van der Waals surface area contributed by atoms with Crippen LogP contribution in [0.5, 0.6) is 0 Å². The maximum atomic E-state index is 13.0. The Bertz CT molecular complexity index is 1070. The lowest BCUT2D eigenvalue weighted by Crippen LogP contribution is -2.27. The number of fused-ring (bicyclic) bond motifs is 1. The van der Waals surface area contributed by atoms with Crippen molar-refractivity contribution < 1.29 is 4.79 Å². The molecule has 4 heteroatoms. The van der Waals surface area contributed by atoms with Gasteiger partial charge in [0.1, 0.15) is 5.25 Å². The summed E-state index contributed by atoms with van der Waals surface area (Å²) in [6.07, 6.45) is 0. The van der Waals surface area contributed by atoms with Gasteiger partial charge in [0, 0.05) is 11.9 Å². The zero-order valence-electron chi connectivity index (χ0n) is 15.3. The zero-order chi connectivity index (χ0) is 19.2. The Labute approximate surface area is 168 Å². The van der Waals surface area contributed by atoms with Crippen molar-refractivity contribution in [2.24, 2.45) is 0 Å². The van der Waals surface area contributed by atoms with Crippen molar-refractivity contribution in [3.8, 4) is 0 Å². The second-order valence-electron chi connectivity index (χ2n) is 6.45. The highest BCUT2D eigenvalue weighted by atomic mass is 32.2. The van der Waals surface area contributed by atoms with E-state index in [1.54, 1.807) is 0 Å². The summed E-state index contributed by atoms with van der Waals surface area (Å²) < 4.78 is 0. The Morgan fingerprint density at radius 1 is 0.821 bits per heavy atom. The summed E-state index contributed by atoms with van der Waals surface area (Å²) in [5, 5.41) is 4.63. The summed E-state index contributed by atoms with van der Waals surface area (Å²) in [5.74, 6) is -0.0185. The quantitative estimate of drug-likeness (QED) is 0.454. The molecular weight excluding hydrogens is 364 g/mol. The summed E-state index contributed by atoms with van der Waals surface area (Å²) in [7, 11) is 0. The molecule has 1 amide bonds. The van der Waals surface area contributed by atoms with Gasteiger partial charge >= 0.3 is 0 Å². The summed E-state index contributed by atoms with van der Waals surface area (Å²) in [6, 6.07) is 31.8. The Kier molecular flexibility index (Phi) is 5.69. The molecule has 0 aliphatic heterocycles. The minimum Gasteiger partial charge on any atom is -0.351 e. The first-order valence-corrected chi connectivity index (χ1v) is 10.1. The number of aromatic nitrogens is 1. The molecule has 0 saturated carbocycles. The van der Waals surface area contributed by atoms with Crippen LogP contribution in [0.15, 0.2) is 102 Å². The average molecular weight is 385 g/mol. The van der Waals surface area contributed by atoms with Crippen LogP contribution >= 0.6 is 11.8 Å². The molecule has 138 valence electrons. The van der Waals surface area contributed by atoms with E-state index in [1.165, 1.54) is 11.8 Å². The van der Waals surface area contributed by atoms with Gasteiger partial charge in [-0.1, -0.05) is 96.7 Å². The number of amides is 1. The summed E-state index contributed by atoms with van der Waals surface area (Å²) in [5.41, 5.74) is 2.98. The second kappa shape index (κ2) is 8.72. The van der Waals surface area contributed by atoms with Crippen LogP contribution in [0, 0.1) is 0 Å². The number of carbonyl (C=O) groups is 1. The highest BCUT2D eigenvalue weighted by Crippen LogP contribution is 2.35. The normalized spacial score (nSPS) is 11.9. The molecule has 0 fully saturated rings. The minimum atomic E-state index is -0.362. The molecule has 1 aromatic heterocycles. The molecule has 3 nitrogen and oxygen atoms in total. The Morgan fingerprint density at radius 2 is 1.50 bits per heavy atom. The molecule has 0 aliphatic carbocycles. The van der Waals surface area contributed by atoms with E-state index in [1.807, 2.05) is 91.0 Å². The third kappa shape index (κ3) is 4.41. The molecule has 0 spiro atoms. The van der Waals surface area contributed by atoms with Gasteiger partial charge in [0.15, 0.2) is 0 Å². The van der Waals surface area contributed by atoms with Crippen molar-refractivity contribution in [3.63, 3.8) is 0 Å². The van der Waals surface area contributed by atoms with Crippen LogP contribution in [0.2, 0.25) is 0 Å². The summed E-state index contributed by atoms with van der Waals surface area (Å²) >= 11 is 1.48. The van der Waals surface area contributed by atoms with Gasteiger partial charge in [0.05, 0.1) is 10.5 Å². The number of pyridine rings is 1. The zero-order valence-corrected chi connectivity index (χ0v) is 16.1. The number of para-hydroxylation sites is 1. The maximum Gasteiger partial charge on any atom is 0.238 e. The third-order valence-electron chi connectivity index (χ3n) is 4.46. The van der Waals surface area contributed by atoms with Gasteiger partial charge in [-0.3, -0.25) is 4.79 Å². The van der Waals surface area contributed by atoms with E-state index in [0.717, 1.165) is 27.1 Å². The first-order valence-electron chi connectivity index (χ1n) is 9.19. The van der Waals surface area contributed by atoms with Gasteiger partial charge in [0.2, 0.25) is 5.91 Å². The molecule has 4 aromatic rings. The molecule has 3 aromatic carbocycles. The van der Waals surface area contributed by atoms with Crippen LogP contribution < -0.4 is 5.32 Å². The molecule has 0 saturated heterocycles. The van der Waals surface area contributed by atoms with Crippen molar-refractivity contribution in [3.05, 3.63) is 108 Å². The predicted octanol–water partition coefficient (Wildman–Crippen LogP) is 5.38. The lowest BCUT2D eigenvalue weighted by molar-refractivity contribution is -0.120. The van der Waals surface area contributed by atoms with E-state index in [9.17, 15) is 4.79 Å². The molecule has 4 rings (SSSR count). The maximum absolute atomic E-state index is 13.0. The molecule has 1 N–H and O–H groups in total. The highest BCUT2D eigenvalue weighted by Gasteiger charge is 2.22. The van der Waals surface area contributed by atoms with E-state index in [-0.39, 0.29) is 11.2 Å². The Hall–Kier alpha value is -3.11. The second-order valence-corrected chi connectivity index (χ2v) is 7.58. The average Bonchev–Trinajstić information content (AvgIpc) is 2.77. The molecule has 0 radical (unpaired) electrons. The van der Waals surface area contributed by atoms with Crippen LogP contribution in [0.1, 0.15) is 16.4 Å². The van der Waals surface area contributed by atoms with Gasteiger partial charge in [-0.15, -0.1) is 0 Å². The van der Waals surface area contributed by atoms with Crippen molar-refractivity contribution in [2.45, 2.75) is 16.8 Å². The van der Waals surface area contributed by atoms with Gasteiger partial charge in [-0.05, 0) is 23.3 Å². The number of carbonyl (C=O) groups excluding carboxylic acids is 1. The van der Waals surface area contributed by atoms with Gasteiger partial charge in [-0.2, -0.15) is 0 Å². The van der Waals surface area contributed by atoms with Crippen molar-refractivity contribution in [2.75, 3.05) is 0 Å². The number of rotatable bonds is 6. The predicted molar refractivity (Wildman–Crippen MR) is 115 cm³/mol. The fourth-order valence-electron chi connectivity index (χ4n) is 3.01. The van der Waals surface area contributed by atoms with E-state index in [0.29, 0.717) is 6.54 Å². The van der Waals surface area contributed by atoms with Crippen LogP contribution in [0.3, 0.4) is 0 Å². The van der Waals surface area contributed by atoms with E-state index < -0.39 is 0 Å². The number of nitrogens with zero attached hydrogens (tertiary/aromatic N) is 1. The van der Waals surface area contributed by atoms with Crippen molar-refractivity contribution in [1.82, 2.24) is 10.3 Å². The van der Waals surface area contributed by atoms with Gasteiger partial charge < -0.3 is 5.32 Å². The Balaban J connectivity index is 1.57. The highest BCUT2D eigenvalue weighted by molar-refractivity contribution is 8.00. The van der Waals surface area contributed by atoms with Crippen LogP contribution in [0.4, 0.5) is 0 Å². The van der Waals surface area contributed by atoms with E-state index >= 15 is 0 Å².